The van der Waals surface area contributed by atoms with Gasteiger partial charge in [0.15, 0.2) is 5.60 Å². The minimum absolute atomic E-state index is 0.0820. The quantitative estimate of drug-likeness (QED) is 0.668. The zero-order chi connectivity index (χ0) is 21.2. The maximum Gasteiger partial charge on any atom is 0.258 e. The van der Waals surface area contributed by atoms with Crippen molar-refractivity contribution in [3.8, 4) is 0 Å². The second-order valence-corrected chi connectivity index (χ2v) is 8.45. The first-order chi connectivity index (χ1) is 14.4. The van der Waals surface area contributed by atoms with Crippen molar-refractivity contribution in [2.45, 2.75) is 23.9 Å². The fraction of sp³-hybridized carbons (Fsp3) is 0.269. The zero-order valence-corrected chi connectivity index (χ0v) is 17.3. The second kappa shape index (κ2) is 8.05. The normalized spacial score (nSPS) is 21.3. The van der Waals surface area contributed by atoms with Gasteiger partial charge >= 0.3 is 0 Å². The molecule has 1 saturated heterocycles. The monoisotopic (exact) mass is 400 g/mol. The maximum atomic E-state index is 12.4. The van der Waals surface area contributed by atoms with Gasteiger partial charge in [-0.05, 0) is 48.7 Å². The summed E-state index contributed by atoms with van der Waals surface area (Å²) in [5.74, 6) is -0.772. The molecule has 0 radical (unpaired) electrons. The summed E-state index contributed by atoms with van der Waals surface area (Å²) in [5, 5.41) is 11.4. The highest BCUT2D eigenvalue weighted by Crippen LogP contribution is 2.39. The smallest absolute Gasteiger partial charge is 0.258 e. The molecule has 4 heteroatoms. The molecule has 0 spiro atoms. The van der Waals surface area contributed by atoms with E-state index in [4.69, 9.17) is 5.73 Å². The Balaban J connectivity index is 1.80. The Labute approximate surface area is 178 Å². The summed E-state index contributed by atoms with van der Waals surface area (Å²) in [5.41, 5.74) is 7.18. The molecule has 3 aromatic carbocycles. The van der Waals surface area contributed by atoms with E-state index >= 15 is 0 Å². The van der Waals surface area contributed by atoms with E-state index in [2.05, 4.69) is 42.3 Å². The number of likely N-dealkylation sites (tertiary alicyclic amines) is 1. The van der Waals surface area contributed by atoms with Crippen LogP contribution in [0.1, 0.15) is 28.7 Å². The molecule has 1 heterocycles. The van der Waals surface area contributed by atoms with Gasteiger partial charge in [0.2, 0.25) is 0 Å². The van der Waals surface area contributed by atoms with E-state index in [0.29, 0.717) is 11.1 Å². The van der Waals surface area contributed by atoms with Crippen molar-refractivity contribution in [2.75, 3.05) is 20.1 Å². The number of rotatable bonds is 6. The highest BCUT2D eigenvalue weighted by atomic mass is 16.3. The molecule has 0 aromatic heterocycles. The van der Waals surface area contributed by atoms with E-state index < -0.39 is 11.5 Å². The Morgan fingerprint density at radius 3 is 2.23 bits per heavy atom. The number of hydrogen-bond acceptors (Lipinski definition) is 3. The van der Waals surface area contributed by atoms with Crippen LogP contribution in [-0.4, -0.2) is 36.1 Å². The Morgan fingerprint density at radius 2 is 1.63 bits per heavy atom. The van der Waals surface area contributed by atoms with Crippen LogP contribution < -0.4 is 5.73 Å². The predicted molar refractivity (Wildman–Crippen MR) is 119 cm³/mol. The van der Waals surface area contributed by atoms with Crippen LogP contribution in [0.15, 0.2) is 84.9 Å². The molecular weight excluding hydrogens is 372 g/mol. The number of nitrogens with zero attached hydrogens (tertiary/aromatic N) is 1. The first-order valence-corrected chi connectivity index (χ1v) is 10.4. The molecule has 2 unspecified atom stereocenters. The summed E-state index contributed by atoms with van der Waals surface area (Å²) in [7, 11) is 2.14. The third-order valence-electron chi connectivity index (χ3n) is 6.37. The number of carbonyl (C=O) groups is 1. The molecule has 154 valence electrons. The van der Waals surface area contributed by atoms with E-state index in [1.807, 2.05) is 24.3 Å². The molecule has 3 aromatic rings. The third-order valence-corrected chi connectivity index (χ3v) is 6.37. The van der Waals surface area contributed by atoms with Gasteiger partial charge in [0, 0.05) is 12.0 Å². The van der Waals surface area contributed by atoms with Crippen LogP contribution in [0, 0.1) is 0 Å². The van der Waals surface area contributed by atoms with E-state index in [9.17, 15) is 9.90 Å². The SMILES string of the molecule is CN1CCC(Cc2ccccc2)(c2cccc(C(O)(C(N)=O)c3ccccc3)c2)C1. The zero-order valence-electron chi connectivity index (χ0n) is 17.3. The minimum Gasteiger partial charge on any atom is -0.372 e. The summed E-state index contributed by atoms with van der Waals surface area (Å²) in [4.78, 5) is 14.8. The van der Waals surface area contributed by atoms with Crippen molar-refractivity contribution >= 4 is 5.91 Å². The van der Waals surface area contributed by atoms with E-state index in [0.717, 1.165) is 31.5 Å². The van der Waals surface area contributed by atoms with Gasteiger partial charge in [0.1, 0.15) is 0 Å². The van der Waals surface area contributed by atoms with Crippen LogP contribution >= 0.6 is 0 Å². The molecule has 0 aliphatic carbocycles. The van der Waals surface area contributed by atoms with Crippen molar-refractivity contribution in [3.05, 3.63) is 107 Å². The largest absolute Gasteiger partial charge is 0.372 e. The highest BCUT2D eigenvalue weighted by Gasteiger charge is 2.42. The summed E-state index contributed by atoms with van der Waals surface area (Å²) in [6.45, 7) is 1.93. The van der Waals surface area contributed by atoms with Gasteiger partial charge in [-0.2, -0.15) is 0 Å². The number of carbonyl (C=O) groups excluding carboxylic acids is 1. The fourth-order valence-electron chi connectivity index (χ4n) is 4.75. The van der Waals surface area contributed by atoms with Gasteiger partial charge in [0.25, 0.3) is 5.91 Å². The molecule has 4 nitrogen and oxygen atoms in total. The van der Waals surface area contributed by atoms with E-state index in [-0.39, 0.29) is 5.41 Å². The number of hydrogen-bond donors (Lipinski definition) is 2. The van der Waals surface area contributed by atoms with Crippen LogP contribution in [0.2, 0.25) is 0 Å². The number of primary amides is 1. The van der Waals surface area contributed by atoms with E-state index in [1.165, 1.54) is 5.56 Å². The molecule has 4 rings (SSSR count). The average molecular weight is 401 g/mol. The first kappa shape index (κ1) is 20.3. The molecule has 0 saturated carbocycles. The van der Waals surface area contributed by atoms with Crippen LogP contribution in [0.3, 0.4) is 0 Å². The Hall–Kier alpha value is -2.95. The Kier molecular flexibility index (Phi) is 5.46. The molecule has 0 bridgehead atoms. The van der Waals surface area contributed by atoms with Crippen LogP contribution in [0.4, 0.5) is 0 Å². The number of aliphatic hydroxyl groups is 1. The molecule has 30 heavy (non-hydrogen) atoms. The van der Waals surface area contributed by atoms with Gasteiger partial charge in [-0.15, -0.1) is 0 Å². The molecule has 1 fully saturated rings. The summed E-state index contributed by atoms with van der Waals surface area (Å²) in [6.07, 6.45) is 1.92. The molecule has 2 atom stereocenters. The number of amides is 1. The van der Waals surface area contributed by atoms with Gasteiger partial charge < -0.3 is 15.7 Å². The van der Waals surface area contributed by atoms with Crippen LogP contribution in [0.25, 0.3) is 0 Å². The van der Waals surface area contributed by atoms with E-state index in [1.54, 1.807) is 30.3 Å². The molecular formula is C26H28N2O2. The Morgan fingerprint density at radius 1 is 1.00 bits per heavy atom. The second-order valence-electron chi connectivity index (χ2n) is 8.45. The predicted octanol–water partition coefficient (Wildman–Crippen LogP) is 3.22. The van der Waals surface area contributed by atoms with Gasteiger partial charge in [-0.25, -0.2) is 0 Å². The Bertz CT molecular complexity index is 1020. The summed E-state index contributed by atoms with van der Waals surface area (Å²) < 4.78 is 0. The van der Waals surface area contributed by atoms with Crippen LogP contribution in [0.5, 0.6) is 0 Å². The van der Waals surface area contributed by atoms with Gasteiger partial charge in [-0.3, -0.25) is 4.79 Å². The van der Waals surface area contributed by atoms with Crippen molar-refractivity contribution in [1.29, 1.82) is 0 Å². The van der Waals surface area contributed by atoms with Gasteiger partial charge in [-0.1, -0.05) is 84.9 Å². The topological polar surface area (TPSA) is 66.6 Å². The summed E-state index contributed by atoms with van der Waals surface area (Å²) in [6, 6.07) is 27.2. The lowest BCUT2D eigenvalue weighted by atomic mass is 9.73. The van der Waals surface area contributed by atoms with Crippen LogP contribution in [-0.2, 0) is 22.2 Å². The highest BCUT2D eigenvalue weighted by molar-refractivity contribution is 5.88. The molecule has 1 aliphatic heterocycles. The standard InChI is InChI=1S/C26H28N2O2/c1-28-16-15-25(19-28,18-20-9-4-2-5-10-20)22-13-8-14-23(17-22)26(30,24(27)29)21-11-6-3-7-12-21/h2-14,17,30H,15-16,18-19H2,1H3,(H2,27,29). The third kappa shape index (κ3) is 3.64. The fourth-order valence-corrected chi connectivity index (χ4v) is 4.75. The number of nitrogens with two attached hydrogens (primary N) is 1. The lowest BCUT2D eigenvalue weighted by Gasteiger charge is -2.32. The number of likely N-dealkylation sites (N-methyl/N-ethyl adjacent to an activating group) is 1. The average Bonchev–Trinajstić information content (AvgIpc) is 3.16. The number of benzene rings is 3. The lowest BCUT2D eigenvalue weighted by Crippen LogP contribution is -2.42. The minimum atomic E-state index is -1.87. The molecule has 1 aliphatic rings. The van der Waals surface area contributed by atoms with Gasteiger partial charge in [0.05, 0.1) is 0 Å². The van der Waals surface area contributed by atoms with Crippen molar-refractivity contribution in [3.63, 3.8) is 0 Å². The van der Waals surface area contributed by atoms with Crippen molar-refractivity contribution in [1.82, 2.24) is 4.90 Å². The maximum absolute atomic E-state index is 12.4. The lowest BCUT2D eigenvalue weighted by molar-refractivity contribution is -0.133. The summed E-state index contributed by atoms with van der Waals surface area (Å²) >= 11 is 0. The molecule has 1 amide bonds. The van der Waals surface area contributed by atoms with Crippen molar-refractivity contribution in [2.24, 2.45) is 5.73 Å². The first-order valence-electron chi connectivity index (χ1n) is 10.4. The molecule has 3 N–H and O–H groups in total. The van der Waals surface area contributed by atoms with Crippen molar-refractivity contribution < 1.29 is 9.90 Å².